The number of hydrogen-bond acceptors (Lipinski definition) is 5. The van der Waals surface area contributed by atoms with Crippen molar-refractivity contribution in [1.82, 2.24) is 4.98 Å². The van der Waals surface area contributed by atoms with Crippen LogP contribution >= 0.6 is 0 Å². The highest BCUT2D eigenvalue weighted by Gasteiger charge is 2.28. The van der Waals surface area contributed by atoms with E-state index in [0.717, 1.165) is 6.07 Å². The number of nitrogens with zero attached hydrogens (tertiary/aromatic N) is 2. The number of aromatic nitrogens is 1. The molecule has 128 valence electrons. The minimum atomic E-state index is -3.15. The van der Waals surface area contributed by atoms with Gasteiger partial charge >= 0.3 is 0 Å². The zero-order valence-electron chi connectivity index (χ0n) is 14.0. The first kappa shape index (κ1) is 19.4. The fourth-order valence-corrected chi connectivity index (χ4v) is 1.96. The van der Waals surface area contributed by atoms with Crippen LogP contribution in [0.4, 0.5) is 14.6 Å². The number of pyridine rings is 1. The SMILES string of the molecule is CC(=O)/C(C)=C(/C)C(=O)CCNc1ccc(C(C)(F)F)c(C#N)n1. The van der Waals surface area contributed by atoms with E-state index in [0.29, 0.717) is 18.1 Å². The predicted molar refractivity (Wildman–Crippen MR) is 85.7 cm³/mol. The molecule has 0 aliphatic heterocycles. The molecular formula is C17H19F2N3O2. The van der Waals surface area contributed by atoms with Crippen LogP contribution in [-0.2, 0) is 15.5 Å². The Labute approximate surface area is 139 Å². The van der Waals surface area contributed by atoms with Crippen molar-refractivity contribution >= 4 is 17.4 Å². The molecule has 0 fully saturated rings. The van der Waals surface area contributed by atoms with Gasteiger partial charge in [0.05, 0.1) is 5.56 Å². The van der Waals surface area contributed by atoms with Gasteiger partial charge in [-0.3, -0.25) is 9.59 Å². The maximum absolute atomic E-state index is 13.3. The summed E-state index contributed by atoms with van der Waals surface area (Å²) < 4.78 is 26.7. The highest BCUT2D eigenvalue weighted by Crippen LogP contribution is 2.29. The molecule has 0 saturated carbocycles. The van der Waals surface area contributed by atoms with Crippen molar-refractivity contribution in [3.63, 3.8) is 0 Å². The lowest BCUT2D eigenvalue weighted by molar-refractivity contribution is -0.117. The molecule has 5 nitrogen and oxygen atoms in total. The van der Waals surface area contributed by atoms with E-state index in [4.69, 9.17) is 5.26 Å². The lowest BCUT2D eigenvalue weighted by atomic mass is 10.0. The van der Waals surface area contributed by atoms with Gasteiger partial charge in [0.2, 0.25) is 0 Å². The Kier molecular flexibility index (Phi) is 6.29. The van der Waals surface area contributed by atoms with Crippen LogP contribution in [0, 0.1) is 11.3 Å². The second kappa shape index (κ2) is 7.77. The molecule has 0 radical (unpaired) electrons. The molecule has 0 atom stereocenters. The van der Waals surface area contributed by atoms with Crippen LogP contribution in [0.1, 0.15) is 45.4 Å². The lowest BCUT2D eigenvalue weighted by Crippen LogP contribution is -2.14. The van der Waals surface area contributed by atoms with E-state index in [1.54, 1.807) is 19.9 Å². The fraction of sp³-hybridized carbons (Fsp3) is 0.412. The highest BCUT2D eigenvalue weighted by atomic mass is 19.3. The second-order valence-corrected chi connectivity index (χ2v) is 5.50. The molecule has 0 spiro atoms. The molecule has 0 bridgehead atoms. The van der Waals surface area contributed by atoms with Crippen molar-refractivity contribution in [1.29, 1.82) is 5.26 Å². The van der Waals surface area contributed by atoms with Crippen LogP contribution in [0.5, 0.6) is 0 Å². The molecule has 0 aliphatic carbocycles. The normalized spacial score (nSPS) is 12.2. The summed E-state index contributed by atoms with van der Waals surface area (Å²) >= 11 is 0. The van der Waals surface area contributed by atoms with Gasteiger partial charge in [0.15, 0.2) is 17.3 Å². The van der Waals surface area contributed by atoms with Gasteiger partial charge in [-0.1, -0.05) is 0 Å². The predicted octanol–water partition coefficient (Wildman–Crippen LogP) is 3.36. The molecule has 0 aromatic carbocycles. The van der Waals surface area contributed by atoms with Crippen molar-refractivity contribution in [2.24, 2.45) is 0 Å². The van der Waals surface area contributed by atoms with Gasteiger partial charge < -0.3 is 5.32 Å². The summed E-state index contributed by atoms with van der Waals surface area (Å²) in [7, 11) is 0. The summed E-state index contributed by atoms with van der Waals surface area (Å²) in [6, 6.07) is 4.12. The summed E-state index contributed by atoms with van der Waals surface area (Å²) in [4.78, 5) is 27.0. The van der Waals surface area contributed by atoms with Crippen molar-refractivity contribution in [3.8, 4) is 6.07 Å². The van der Waals surface area contributed by atoms with Crippen LogP contribution in [0.3, 0.4) is 0 Å². The van der Waals surface area contributed by atoms with Gasteiger partial charge in [-0.25, -0.2) is 13.8 Å². The third-order valence-electron chi connectivity index (χ3n) is 3.64. The van der Waals surface area contributed by atoms with Gasteiger partial charge in [0.25, 0.3) is 5.92 Å². The number of rotatable bonds is 7. The standard InChI is InChI=1S/C17H19F2N3O2/c1-10(12(3)23)11(2)15(24)7-8-21-16-6-5-13(17(4,18)19)14(9-20)22-16/h5-6H,7-8H2,1-4H3,(H,21,22)/b11-10-. The number of allylic oxidation sites excluding steroid dienone is 2. The van der Waals surface area contributed by atoms with Gasteiger partial charge in [-0.05, 0) is 44.1 Å². The molecule has 0 aliphatic rings. The van der Waals surface area contributed by atoms with Crippen molar-refractivity contribution in [2.45, 2.75) is 40.0 Å². The number of nitrogens with one attached hydrogen (secondary N) is 1. The summed E-state index contributed by atoms with van der Waals surface area (Å²) in [5, 5.41) is 11.8. The lowest BCUT2D eigenvalue weighted by Gasteiger charge is -2.13. The quantitative estimate of drug-likeness (QED) is 0.773. The molecule has 7 heteroatoms. The van der Waals surface area contributed by atoms with Crippen LogP contribution < -0.4 is 5.32 Å². The minimum Gasteiger partial charge on any atom is -0.370 e. The molecule has 1 heterocycles. The average molecular weight is 335 g/mol. The number of alkyl halides is 2. The van der Waals surface area contributed by atoms with E-state index in [-0.39, 0.29) is 36.0 Å². The summed E-state index contributed by atoms with van der Waals surface area (Å²) in [5.41, 5.74) is 0.0141. The molecule has 1 aromatic rings. The largest absolute Gasteiger partial charge is 0.370 e. The maximum Gasteiger partial charge on any atom is 0.273 e. The number of anilines is 1. The second-order valence-electron chi connectivity index (χ2n) is 5.50. The molecular weight excluding hydrogens is 316 g/mol. The number of carbonyl (C=O) groups excluding carboxylic acids is 2. The Morgan fingerprint density at radius 1 is 1.25 bits per heavy atom. The van der Waals surface area contributed by atoms with Gasteiger partial charge in [-0.2, -0.15) is 5.26 Å². The zero-order valence-corrected chi connectivity index (χ0v) is 14.0. The van der Waals surface area contributed by atoms with E-state index in [1.807, 2.05) is 0 Å². The number of Topliss-reactive ketones (excluding diaryl/α,β-unsaturated/α-hetero) is 2. The van der Waals surface area contributed by atoms with Crippen LogP contribution in [-0.4, -0.2) is 23.1 Å². The van der Waals surface area contributed by atoms with E-state index < -0.39 is 11.5 Å². The molecule has 1 rings (SSSR count). The molecule has 0 amide bonds. The first-order chi connectivity index (χ1) is 11.1. The third kappa shape index (κ3) is 4.95. The smallest absolute Gasteiger partial charge is 0.273 e. The Morgan fingerprint density at radius 3 is 2.38 bits per heavy atom. The summed E-state index contributed by atoms with van der Waals surface area (Å²) in [6.45, 7) is 5.48. The number of hydrogen-bond donors (Lipinski definition) is 1. The van der Waals surface area contributed by atoms with E-state index in [1.165, 1.54) is 13.0 Å². The average Bonchev–Trinajstić information content (AvgIpc) is 2.51. The monoisotopic (exact) mass is 335 g/mol. The van der Waals surface area contributed by atoms with Crippen molar-refractivity contribution in [2.75, 3.05) is 11.9 Å². The van der Waals surface area contributed by atoms with E-state index in [9.17, 15) is 18.4 Å². The topological polar surface area (TPSA) is 82.9 Å². The number of halogens is 2. The Bertz CT molecular complexity index is 728. The Balaban J connectivity index is 2.77. The van der Waals surface area contributed by atoms with E-state index in [2.05, 4.69) is 10.3 Å². The van der Waals surface area contributed by atoms with Crippen LogP contribution in [0.15, 0.2) is 23.3 Å². The molecule has 1 aromatic heterocycles. The first-order valence-electron chi connectivity index (χ1n) is 7.32. The third-order valence-corrected chi connectivity index (χ3v) is 3.64. The first-order valence-corrected chi connectivity index (χ1v) is 7.32. The Morgan fingerprint density at radius 2 is 1.88 bits per heavy atom. The van der Waals surface area contributed by atoms with Gasteiger partial charge in [-0.15, -0.1) is 0 Å². The van der Waals surface area contributed by atoms with Gasteiger partial charge in [0, 0.05) is 19.9 Å². The number of ketones is 2. The van der Waals surface area contributed by atoms with Gasteiger partial charge in [0.1, 0.15) is 11.9 Å². The number of carbonyl (C=O) groups is 2. The van der Waals surface area contributed by atoms with Crippen molar-refractivity contribution < 1.29 is 18.4 Å². The Hall–Kier alpha value is -2.62. The van der Waals surface area contributed by atoms with E-state index >= 15 is 0 Å². The maximum atomic E-state index is 13.3. The minimum absolute atomic E-state index is 0.117. The van der Waals surface area contributed by atoms with Crippen LogP contribution in [0.25, 0.3) is 0 Å². The molecule has 24 heavy (non-hydrogen) atoms. The highest BCUT2D eigenvalue weighted by molar-refractivity contribution is 6.04. The van der Waals surface area contributed by atoms with Crippen LogP contribution in [0.2, 0.25) is 0 Å². The summed E-state index contributed by atoms with van der Waals surface area (Å²) in [6.07, 6.45) is 0.117. The number of nitriles is 1. The molecule has 1 N–H and O–H groups in total. The van der Waals surface area contributed by atoms with Crippen molar-refractivity contribution in [3.05, 3.63) is 34.5 Å². The zero-order chi connectivity index (χ0) is 18.5. The molecule has 0 unspecified atom stereocenters. The fourth-order valence-electron chi connectivity index (χ4n) is 1.96. The summed E-state index contributed by atoms with van der Waals surface area (Å²) in [5.74, 6) is -3.27. The molecule has 0 saturated heterocycles.